The van der Waals surface area contributed by atoms with Gasteiger partial charge in [-0.15, -0.1) is 0 Å². The van der Waals surface area contributed by atoms with Crippen LogP contribution >= 0.6 is 0 Å². The zero-order chi connectivity index (χ0) is 32.0. The molecular weight excluding hydrogens is 687 g/mol. The maximum Gasteiger partial charge on any atom is 2.00 e. The van der Waals surface area contributed by atoms with E-state index in [1.54, 1.807) is 0 Å². The van der Waals surface area contributed by atoms with E-state index in [0.717, 1.165) is 68.3 Å². The molecule has 0 aliphatic carbocycles. The van der Waals surface area contributed by atoms with E-state index in [1.807, 2.05) is 0 Å². The largest absolute Gasteiger partial charge is 2.00 e. The van der Waals surface area contributed by atoms with Gasteiger partial charge in [0.25, 0.3) is 0 Å². The third-order valence-electron chi connectivity index (χ3n) is 9.81. The molecule has 0 aliphatic heterocycles. The molecule has 0 amide bonds. The van der Waals surface area contributed by atoms with Crippen molar-refractivity contribution in [2.45, 2.75) is 83.1 Å². The quantitative estimate of drug-likeness (QED) is 0.127. The van der Waals surface area contributed by atoms with E-state index < -0.39 is 13.4 Å². The number of nitrogens with one attached hydrogen (secondary N) is 6. The number of hydrogen-bond donors (Lipinski definition) is 6. The summed E-state index contributed by atoms with van der Waals surface area (Å²) in [5, 5.41) is 45.2. The minimum absolute atomic E-state index is 0. The molecule has 6 rings (SSSR count). The van der Waals surface area contributed by atoms with Gasteiger partial charge in [0.15, 0.2) is 0 Å². The van der Waals surface area contributed by atoms with Crippen LogP contribution in [0.1, 0.15) is 68.3 Å². The second-order valence-corrected chi connectivity index (χ2v) is 12.5. The number of H-pyrrole nitrogens is 6. The Hall–Kier alpha value is -3.04. The number of rotatable bonds is 6. The second-order valence-electron chi connectivity index (χ2n) is 12.5. The first-order valence-corrected chi connectivity index (χ1v) is 15.3. The van der Waals surface area contributed by atoms with E-state index in [2.05, 4.69) is 144 Å². The Bertz CT molecular complexity index is 1460. The van der Waals surface area contributed by atoms with Crippen molar-refractivity contribution in [1.29, 1.82) is 0 Å². The van der Waals surface area contributed by atoms with Crippen molar-refractivity contribution < 1.29 is 0 Å². The number of aromatic amines is 6. The Morgan fingerprint density at radius 3 is 0.511 bits per heavy atom. The maximum absolute atomic E-state index is 4.41. The Labute approximate surface area is 305 Å². The first kappa shape index (κ1) is 34.8. The Morgan fingerprint density at radius 1 is 0.289 bits per heavy atom. The molecule has 0 aromatic carbocycles. The zero-order valence-corrected chi connectivity index (χ0v) is 33.2. The van der Waals surface area contributed by atoms with Gasteiger partial charge in [-0.3, -0.25) is 30.6 Å². The van der Waals surface area contributed by atoms with Crippen LogP contribution < -0.4 is 32.8 Å². The fourth-order valence-electron chi connectivity index (χ4n) is 7.63. The Kier molecular flexibility index (Phi) is 10.6. The van der Waals surface area contributed by atoms with Gasteiger partial charge in [-0.05, 0) is 117 Å². The van der Waals surface area contributed by atoms with Crippen molar-refractivity contribution in [1.82, 2.24) is 61.2 Å². The molecule has 0 saturated carbocycles. The van der Waals surface area contributed by atoms with Crippen LogP contribution in [-0.2, 0) is 0 Å². The van der Waals surface area contributed by atoms with E-state index in [0.29, 0.717) is 0 Å². The summed E-state index contributed by atoms with van der Waals surface area (Å²) in [5.74, 6) is 0. The Balaban J connectivity index is 0.000000200. The molecule has 0 aliphatic rings. The van der Waals surface area contributed by atoms with Gasteiger partial charge in [-0.25, -0.2) is 0 Å². The number of aryl methyl sites for hydroxylation is 12. The third kappa shape index (κ3) is 6.35. The summed E-state index contributed by atoms with van der Waals surface area (Å²) in [7, 11) is 0. The number of nitrogens with zero attached hydrogens (tertiary/aromatic N) is 6. The van der Waals surface area contributed by atoms with Crippen LogP contribution in [-0.4, -0.2) is 123 Å². The smallest absolute Gasteiger partial charge is 0.286 e. The first-order chi connectivity index (χ1) is 20.8. The molecule has 0 unspecified atom stereocenters. The minimum atomic E-state index is -0.976. The molecule has 6 N–H and O–H groups in total. The predicted molar refractivity (Wildman–Crippen MR) is 186 cm³/mol. The molecule has 0 spiro atoms. The van der Waals surface area contributed by atoms with E-state index in [9.17, 15) is 0 Å². The standard InChI is InChI=1S/2C15H22BN6.Ba/c2*1-7-13(8(2)18-17-7)16(14-9(3)19-20-10(14)4)15-11(5)21-22-12(15)6;/h2*16H,1-6H3,(H,17,18)(H,19,20)(H,21,22);/q2*-1;+2. The van der Waals surface area contributed by atoms with Crippen LogP contribution in [0.25, 0.3) is 0 Å². The van der Waals surface area contributed by atoms with Crippen molar-refractivity contribution in [3.05, 3.63) is 68.3 Å². The molecule has 6 aromatic rings. The van der Waals surface area contributed by atoms with Crippen LogP contribution in [0.15, 0.2) is 0 Å². The van der Waals surface area contributed by atoms with Gasteiger partial charge in [0.05, 0.1) is 13.4 Å². The van der Waals surface area contributed by atoms with Crippen LogP contribution in [0.5, 0.6) is 0 Å². The average Bonchev–Trinajstić information content (AvgIpc) is 3.80. The topological polar surface area (TPSA) is 172 Å². The maximum atomic E-state index is 4.41. The van der Waals surface area contributed by atoms with Gasteiger partial charge in [0.1, 0.15) is 0 Å². The van der Waals surface area contributed by atoms with Crippen LogP contribution in [0.4, 0.5) is 0 Å². The summed E-state index contributed by atoms with van der Waals surface area (Å²) in [5.41, 5.74) is 20.8. The fourth-order valence-corrected chi connectivity index (χ4v) is 7.63. The molecule has 12 nitrogen and oxygen atoms in total. The van der Waals surface area contributed by atoms with Crippen molar-refractivity contribution in [3.63, 3.8) is 0 Å². The Morgan fingerprint density at radius 2 is 0.422 bits per heavy atom. The first-order valence-electron chi connectivity index (χ1n) is 15.3. The van der Waals surface area contributed by atoms with Crippen LogP contribution in [0.3, 0.4) is 0 Å². The molecule has 0 fully saturated rings. The molecule has 6 heterocycles. The van der Waals surface area contributed by atoms with Gasteiger partial charge in [0, 0.05) is 34.2 Å². The monoisotopic (exact) mass is 732 g/mol. The fraction of sp³-hybridized carbons (Fsp3) is 0.400. The van der Waals surface area contributed by atoms with Gasteiger partial charge >= 0.3 is 48.9 Å². The predicted octanol–water partition coefficient (Wildman–Crippen LogP) is -0.471. The van der Waals surface area contributed by atoms with Crippen molar-refractivity contribution in [2.75, 3.05) is 0 Å². The van der Waals surface area contributed by atoms with E-state index in [4.69, 9.17) is 0 Å². The number of hydrogen-bond acceptors (Lipinski definition) is 6. The second kappa shape index (κ2) is 13.8. The van der Waals surface area contributed by atoms with Crippen LogP contribution in [0, 0.1) is 83.1 Å². The molecule has 15 heteroatoms. The molecular formula is C30H44B2BaN12. The SMILES string of the molecule is Cc1n[nH]c(C)c1[BH-](c1c(C)n[nH]c1C)c1c(C)n[nH]c1C.Cc1n[nH]c(C)c1[BH-](c1c(C)n[nH]c1C)c1c(C)n[nH]c1C.[Ba+2]. The summed E-state index contributed by atoms with van der Waals surface area (Å²) < 4.78 is 0. The van der Waals surface area contributed by atoms with Crippen LogP contribution in [0.2, 0.25) is 0 Å². The molecule has 0 saturated heterocycles. The van der Waals surface area contributed by atoms with E-state index in [1.165, 1.54) is 32.8 Å². The average molecular weight is 732 g/mol. The van der Waals surface area contributed by atoms with Gasteiger partial charge in [-0.2, -0.15) is 63.4 Å². The summed E-state index contributed by atoms with van der Waals surface area (Å²) >= 11 is 0. The molecule has 232 valence electrons. The van der Waals surface area contributed by atoms with Crippen molar-refractivity contribution in [3.8, 4) is 0 Å². The van der Waals surface area contributed by atoms with Crippen molar-refractivity contribution >= 4 is 95.1 Å². The summed E-state index contributed by atoms with van der Waals surface area (Å²) in [4.78, 5) is 0. The molecule has 0 atom stereocenters. The van der Waals surface area contributed by atoms with Crippen molar-refractivity contribution in [2.24, 2.45) is 0 Å². The van der Waals surface area contributed by atoms with E-state index in [-0.39, 0.29) is 48.9 Å². The summed E-state index contributed by atoms with van der Waals surface area (Å²) in [6.45, 7) is 23.0. The molecule has 45 heavy (non-hydrogen) atoms. The molecule has 0 radical (unpaired) electrons. The van der Waals surface area contributed by atoms with E-state index >= 15 is 0 Å². The van der Waals surface area contributed by atoms with Gasteiger partial charge in [-0.1, -0.05) is 0 Å². The van der Waals surface area contributed by atoms with Gasteiger partial charge < -0.3 is 0 Å². The summed E-state index contributed by atoms with van der Waals surface area (Å²) in [6, 6.07) is 0. The molecule has 0 bridgehead atoms. The number of aromatic nitrogens is 12. The van der Waals surface area contributed by atoms with Gasteiger partial charge in [0.2, 0.25) is 0 Å². The summed E-state index contributed by atoms with van der Waals surface area (Å²) in [6.07, 6.45) is 0. The zero-order valence-electron chi connectivity index (χ0n) is 28.8. The minimum Gasteiger partial charge on any atom is -0.286 e. The normalized spacial score (nSPS) is 11.3. The third-order valence-corrected chi connectivity index (χ3v) is 9.81. The molecule has 6 aromatic heterocycles.